The van der Waals surface area contributed by atoms with Crippen LogP contribution in [0.3, 0.4) is 0 Å². The van der Waals surface area contributed by atoms with E-state index in [0.717, 1.165) is 26.1 Å². The van der Waals surface area contributed by atoms with E-state index in [4.69, 9.17) is 0 Å². The van der Waals surface area contributed by atoms with Crippen molar-refractivity contribution in [1.29, 1.82) is 0 Å². The number of nitrogens with zero attached hydrogens (tertiary/aromatic N) is 1. The number of aliphatic hydroxyl groups is 1. The van der Waals surface area contributed by atoms with Crippen LogP contribution in [0.4, 0.5) is 0 Å². The topological polar surface area (TPSA) is 35.5 Å². The summed E-state index contributed by atoms with van der Waals surface area (Å²) in [5.74, 6) is 0. The van der Waals surface area contributed by atoms with Gasteiger partial charge in [0, 0.05) is 25.2 Å². The van der Waals surface area contributed by atoms with Crippen molar-refractivity contribution in [3.05, 3.63) is 12.2 Å². The van der Waals surface area contributed by atoms with Gasteiger partial charge in [0.1, 0.15) is 0 Å². The summed E-state index contributed by atoms with van der Waals surface area (Å²) in [7, 11) is 2.06. The highest BCUT2D eigenvalue weighted by Crippen LogP contribution is 2.02. The quantitative estimate of drug-likeness (QED) is 0.650. The lowest BCUT2D eigenvalue weighted by molar-refractivity contribution is 0.166. The Morgan fingerprint density at radius 1 is 1.44 bits per heavy atom. The SMILES string of the molecule is C=C(CNC(C)(C)C)CN(C)CCC(C)O. The summed E-state index contributed by atoms with van der Waals surface area (Å²) in [6.07, 6.45) is 0.597. The molecule has 16 heavy (non-hydrogen) atoms. The van der Waals surface area contributed by atoms with E-state index in [1.807, 2.05) is 6.92 Å². The van der Waals surface area contributed by atoms with E-state index >= 15 is 0 Å². The molecule has 0 aromatic rings. The first-order valence-corrected chi connectivity index (χ1v) is 5.99. The Hall–Kier alpha value is -0.380. The highest BCUT2D eigenvalue weighted by atomic mass is 16.3. The van der Waals surface area contributed by atoms with E-state index < -0.39 is 0 Å². The molecule has 0 amide bonds. The molecule has 0 rings (SSSR count). The first-order valence-electron chi connectivity index (χ1n) is 5.99. The van der Waals surface area contributed by atoms with Gasteiger partial charge in [-0.2, -0.15) is 0 Å². The van der Waals surface area contributed by atoms with E-state index in [1.54, 1.807) is 0 Å². The van der Waals surface area contributed by atoms with E-state index in [2.05, 4.69) is 44.6 Å². The minimum atomic E-state index is -0.219. The van der Waals surface area contributed by atoms with Crippen LogP contribution in [0, 0.1) is 0 Å². The maximum absolute atomic E-state index is 9.18. The largest absolute Gasteiger partial charge is 0.393 e. The molecule has 0 aromatic heterocycles. The van der Waals surface area contributed by atoms with Gasteiger partial charge in [0.2, 0.25) is 0 Å². The molecule has 3 nitrogen and oxygen atoms in total. The van der Waals surface area contributed by atoms with E-state index in [9.17, 15) is 5.11 Å². The molecule has 0 spiro atoms. The van der Waals surface area contributed by atoms with Crippen LogP contribution in [0.15, 0.2) is 12.2 Å². The Morgan fingerprint density at radius 2 is 2.00 bits per heavy atom. The molecule has 0 saturated carbocycles. The molecule has 1 unspecified atom stereocenters. The molecule has 1 atom stereocenters. The first-order chi connectivity index (χ1) is 7.20. The van der Waals surface area contributed by atoms with Gasteiger partial charge in [0.15, 0.2) is 0 Å². The van der Waals surface area contributed by atoms with Crippen molar-refractivity contribution in [2.24, 2.45) is 0 Å². The van der Waals surface area contributed by atoms with Gasteiger partial charge in [0.05, 0.1) is 6.10 Å². The highest BCUT2D eigenvalue weighted by molar-refractivity contribution is 5.00. The van der Waals surface area contributed by atoms with Gasteiger partial charge in [-0.3, -0.25) is 0 Å². The van der Waals surface area contributed by atoms with Crippen molar-refractivity contribution < 1.29 is 5.11 Å². The Balaban J connectivity index is 3.70. The van der Waals surface area contributed by atoms with Gasteiger partial charge in [-0.25, -0.2) is 0 Å². The van der Waals surface area contributed by atoms with Gasteiger partial charge < -0.3 is 15.3 Å². The van der Waals surface area contributed by atoms with Gasteiger partial charge in [-0.15, -0.1) is 0 Å². The molecule has 0 saturated heterocycles. The van der Waals surface area contributed by atoms with Gasteiger partial charge >= 0.3 is 0 Å². The van der Waals surface area contributed by atoms with Crippen LogP contribution in [0.2, 0.25) is 0 Å². The van der Waals surface area contributed by atoms with Gasteiger partial charge in [0.25, 0.3) is 0 Å². The molecule has 0 aliphatic carbocycles. The summed E-state index contributed by atoms with van der Waals surface area (Å²) >= 11 is 0. The fraction of sp³-hybridized carbons (Fsp3) is 0.846. The molecule has 0 aliphatic rings. The van der Waals surface area contributed by atoms with Crippen molar-refractivity contribution in [3.8, 4) is 0 Å². The van der Waals surface area contributed by atoms with Crippen LogP contribution in [-0.2, 0) is 0 Å². The molecular formula is C13H28N2O. The highest BCUT2D eigenvalue weighted by Gasteiger charge is 2.09. The van der Waals surface area contributed by atoms with Crippen LogP contribution >= 0.6 is 0 Å². The Kier molecular flexibility index (Phi) is 6.88. The number of aliphatic hydroxyl groups excluding tert-OH is 1. The zero-order chi connectivity index (χ0) is 12.8. The average Bonchev–Trinajstić information content (AvgIpc) is 2.10. The minimum absolute atomic E-state index is 0.140. The molecule has 0 aliphatic heterocycles. The zero-order valence-corrected chi connectivity index (χ0v) is 11.5. The van der Waals surface area contributed by atoms with E-state index in [1.165, 1.54) is 5.57 Å². The Labute approximate surface area is 101 Å². The molecule has 0 bridgehead atoms. The van der Waals surface area contributed by atoms with Crippen molar-refractivity contribution in [3.63, 3.8) is 0 Å². The normalized spacial score (nSPS) is 14.2. The lowest BCUT2D eigenvalue weighted by Gasteiger charge is -2.24. The summed E-state index contributed by atoms with van der Waals surface area (Å²) < 4.78 is 0. The second-order valence-corrected chi connectivity index (χ2v) is 5.73. The molecule has 0 fully saturated rings. The average molecular weight is 228 g/mol. The number of hydrogen-bond acceptors (Lipinski definition) is 3. The molecule has 0 aromatic carbocycles. The maximum atomic E-state index is 9.18. The number of rotatable bonds is 7. The predicted molar refractivity (Wildman–Crippen MR) is 70.7 cm³/mol. The van der Waals surface area contributed by atoms with Crippen molar-refractivity contribution in [2.75, 3.05) is 26.7 Å². The molecule has 0 radical (unpaired) electrons. The summed E-state index contributed by atoms with van der Waals surface area (Å²) in [6, 6.07) is 0. The number of nitrogens with one attached hydrogen (secondary N) is 1. The van der Waals surface area contributed by atoms with Crippen molar-refractivity contribution >= 4 is 0 Å². The fourth-order valence-electron chi connectivity index (χ4n) is 1.31. The van der Waals surface area contributed by atoms with Crippen LogP contribution in [0.25, 0.3) is 0 Å². The lowest BCUT2D eigenvalue weighted by atomic mass is 10.1. The standard InChI is InChI=1S/C13H28N2O/c1-11(9-14-13(3,4)5)10-15(6)8-7-12(2)16/h12,14,16H,1,7-10H2,2-6H3. The summed E-state index contributed by atoms with van der Waals surface area (Å²) in [5, 5.41) is 12.6. The first kappa shape index (κ1) is 15.6. The Bertz CT molecular complexity index is 206. The van der Waals surface area contributed by atoms with E-state index in [0.29, 0.717) is 0 Å². The minimum Gasteiger partial charge on any atom is -0.393 e. The monoisotopic (exact) mass is 228 g/mol. The lowest BCUT2D eigenvalue weighted by Crippen LogP contribution is -2.38. The third-order valence-electron chi connectivity index (χ3n) is 2.29. The van der Waals surface area contributed by atoms with Crippen molar-refractivity contribution in [2.45, 2.75) is 45.8 Å². The van der Waals surface area contributed by atoms with Crippen LogP contribution in [0.5, 0.6) is 0 Å². The van der Waals surface area contributed by atoms with E-state index in [-0.39, 0.29) is 11.6 Å². The van der Waals surface area contributed by atoms with Gasteiger partial charge in [-0.05, 0) is 46.7 Å². The number of hydrogen-bond donors (Lipinski definition) is 2. The van der Waals surface area contributed by atoms with Crippen LogP contribution < -0.4 is 5.32 Å². The third kappa shape index (κ3) is 10.1. The summed E-state index contributed by atoms with van der Waals surface area (Å²) in [4.78, 5) is 2.19. The molecule has 0 heterocycles. The van der Waals surface area contributed by atoms with Crippen LogP contribution in [0.1, 0.15) is 34.1 Å². The maximum Gasteiger partial charge on any atom is 0.0524 e. The predicted octanol–water partition coefficient (Wildman–Crippen LogP) is 1.63. The number of likely N-dealkylation sites (N-methyl/N-ethyl adjacent to an activating group) is 1. The second kappa shape index (κ2) is 7.05. The molecule has 96 valence electrons. The summed E-state index contributed by atoms with van der Waals surface area (Å²) in [5.41, 5.74) is 1.32. The molecular weight excluding hydrogens is 200 g/mol. The van der Waals surface area contributed by atoms with Gasteiger partial charge in [-0.1, -0.05) is 6.58 Å². The zero-order valence-electron chi connectivity index (χ0n) is 11.5. The fourth-order valence-corrected chi connectivity index (χ4v) is 1.31. The Morgan fingerprint density at radius 3 is 2.44 bits per heavy atom. The van der Waals surface area contributed by atoms with Crippen molar-refractivity contribution in [1.82, 2.24) is 10.2 Å². The second-order valence-electron chi connectivity index (χ2n) is 5.73. The molecule has 3 heteroatoms. The molecule has 2 N–H and O–H groups in total. The smallest absolute Gasteiger partial charge is 0.0524 e. The third-order valence-corrected chi connectivity index (χ3v) is 2.29. The van der Waals surface area contributed by atoms with Crippen LogP contribution in [-0.4, -0.2) is 48.3 Å². The summed E-state index contributed by atoms with van der Waals surface area (Å²) in [6.45, 7) is 15.0.